The van der Waals surface area contributed by atoms with Crippen LogP contribution in [0.1, 0.15) is 48.2 Å². The van der Waals surface area contributed by atoms with Gasteiger partial charge in [0, 0.05) is 31.4 Å². The van der Waals surface area contributed by atoms with E-state index in [4.69, 9.17) is 28.9 Å². The van der Waals surface area contributed by atoms with E-state index in [-0.39, 0.29) is 42.2 Å². The molecule has 0 atom stereocenters. The number of carbonyl (C=O) groups is 2. The Kier molecular flexibility index (Phi) is 5.02. The fourth-order valence-corrected chi connectivity index (χ4v) is 5.95. The Morgan fingerprint density at radius 2 is 1.88 bits per heavy atom. The first kappa shape index (κ1) is 21.6. The Morgan fingerprint density at radius 1 is 1.16 bits per heavy atom. The molecular weight excluding hydrogens is 461 g/mol. The van der Waals surface area contributed by atoms with Gasteiger partial charge in [0.2, 0.25) is 11.8 Å². The molecule has 0 bridgehead atoms. The second kappa shape index (κ2) is 7.42. The number of amides is 2. The van der Waals surface area contributed by atoms with E-state index in [2.05, 4.69) is 5.10 Å². The largest absolute Gasteiger partial charge is 0.365 e. The molecule has 32 heavy (non-hydrogen) atoms. The lowest BCUT2D eigenvalue weighted by Crippen LogP contribution is -2.54. The maximum absolute atomic E-state index is 13.2. The Balaban J connectivity index is 1.31. The van der Waals surface area contributed by atoms with Crippen molar-refractivity contribution in [3.8, 4) is 11.3 Å². The molecule has 2 N–H and O–H groups in total. The summed E-state index contributed by atoms with van der Waals surface area (Å²) >= 11 is 12.1. The second-order valence-electron chi connectivity index (χ2n) is 9.39. The highest BCUT2D eigenvalue weighted by Crippen LogP contribution is 2.65. The zero-order valence-corrected chi connectivity index (χ0v) is 18.7. The number of carbonyl (C=O) groups excluding carboxylic acids is 2. The zero-order valence-electron chi connectivity index (χ0n) is 17.2. The monoisotopic (exact) mass is 482 g/mol. The molecule has 0 saturated heterocycles. The molecule has 10 heteroatoms. The molecule has 1 aromatic carbocycles. The van der Waals surface area contributed by atoms with E-state index >= 15 is 0 Å². The molecule has 0 radical (unpaired) electrons. The average molecular weight is 483 g/mol. The summed E-state index contributed by atoms with van der Waals surface area (Å²) in [4.78, 5) is 26.9. The van der Waals surface area contributed by atoms with E-state index in [1.807, 2.05) is 0 Å². The molecule has 5 rings (SSSR count). The summed E-state index contributed by atoms with van der Waals surface area (Å²) in [5.41, 5.74) is 7.31. The van der Waals surface area contributed by atoms with Crippen LogP contribution in [-0.4, -0.2) is 39.0 Å². The number of hydrogen-bond acceptors (Lipinski definition) is 3. The predicted octanol–water partition coefficient (Wildman–Crippen LogP) is 4.51. The molecule has 2 fully saturated rings. The summed E-state index contributed by atoms with van der Waals surface area (Å²) in [5, 5.41) is 5.28. The van der Waals surface area contributed by atoms with Gasteiger partial charge in [-0.3, -0.25) is 14.3 Å². The number of rotatable bonds is 4. The molecule has 1 spiro atoms. The second-order valence-corrected chi connectivity index (χ2v) is 10.2. The molecule has 170 valence electrons. The van der Waals surface area contributed by atoms with Crippen molar-refractivity contribution in [2.24, 2.45) is 17.1 Å². The summed E-state index contributed by atoms with van der Waals surface area (Å²) in [7, 11) is 0. The number of halogens is 4. The number of alkyl halides is 2. The van der Waals surface area contributed by atoms with Gasteiger partial charge in [-0.1, -0.05) is 29.3 Å². The number of fused-ring (bicyclic) bond motifs is 1. The fourth-order valence-electron chi connectivity index (χ4n) is 5.65. The SMILES string of the molecule is NC(=O)c1c(-c2ccc(Cl)c(Cl)c2)nn2c1CN(C(=O)CC1CC3(C1)CC(F)(F)C3)CC2. The zero-order chi connectivity index (χ0) is 22.8. The molecular formula is C22H22Cl2F2N4O2. The third-order valence-corrected chi connectivity index (χ3v) is 7.69. The van der Waals surface area contributed by atoms with Gasteiger partial charge in [0.25, 0.3) is 5.91 Å². The van der Waals surface area contributed by atoms with Crippen molar-refractivity contribution in [3.05, 3.63) is 39.5 Å². The van der Waals surface area contributed by atoms with Crippen LogP contribution < -0.4 is 5.73 Å². The highest BCUT2D eigenvalue weighted by atomic mass is 35.5. The van der Waals surface area contributed by atoms with Crippen LogP contribution in [0.15, 0.2) is 18.2 Å². The first-order valence-electron chi connectivity index (χ1n) is 10.6. The molecule has 1 aliphatic heterocycles. The minimum absolute atomic E-state index is 0.0325. The van der Waals surface area contributed by atoms with Gasteiger partial charge < -0.3 is 10.6 Å². The Hall–Kier alpha value is -2.19. The van der Waals surface area contributed by atoms with E-state index in [0.29, 0.717) is 59.3 Å². The van der Waals surface area contributed by atoms with Gasteiger partial charge in [0.1, 0.15) is 5.69 Å². The molecule has 2 aliphatic carbocycles. The van der Waals surface area contributed by atoms with Crippen LogP contribution in [0.3, 0.4) is 0 Å². The summed E-state index contributed by atoms with van der Waals surface area (Å²) in [6, 6.07) is 4.97. The van der Waals surface area contributed by atoms with Crippen LogP contribution in [0, 0.1) is 11.3 Å². The van der Waals surface area contributed by atoms with E-state index in [1.165, 1.54) is 0 Å². The molecule has 2 aromatic rings. The van der Waals surface area contributed by atoms with Gasteiger partial charge in [-0.2, -0.15) is 5.10 Å². The van der Waals surface area contributed by atoms with Crippen molar-refractivity contribution in [2.45, 2.75) is 51.1 Å². The minimum atomic E-state index is -2.53. The predicted molar refractivity (Wildman–Crippen MR) is 116 cm³/mol. The lowest BCUT2D eigenvalue weighted by molar-refractivity contribution is -0.207. The molecule has 6 nitrogen and oxygen atoms in total. The summed E-state index contributed by atoms with van der Waals surface area (Å²) in [5.74, 6) is -3.05. The van der Waals surface area contributed by atoms with Crippen molar-refractivity contribution < 1.29 is 18.4 Å². The van der Waals surface area contributed by atoms with Crippen molar-refractivity contribution >= 4 is 35.0 Å². The van der Waals surface area contributed by atoms with Crippen LogP contribution in [0.25, 0.3) is 11.3 Å². The number of hydrogen-bond donors (Lipinski definition) is 1. The standard InChI is InChI=1S/C22H22Cl2F2N4O2/c23-14-2-1-13(6-15(14)24)19-18(20(27)32)16-9-29(3-4-30(16)28-19)17(31)5-12-7-21(8-12)10-22(25,26)11-21/h1-2,6,12H,3-5,7-11H2,(H2,27,32). The summed E-state index contributed by atoms with van der Waals surface area (Å²) in [6.45, 7) is 1.12. The normalized spacial score (nSPS) is 21.1. The molecule has 2 amide bonds. The summed E-state index contributed by atoms with van der Waals surface area (Å²) < 4.78 is 28.1. The fraction of sp³-hybridized carbons (Fsp3) is 0.500. The van der Waals surface area contributed by atoms with Gasteiger partial charge >= 0.3 is 0 Å². The highest BCUT2D eigenvalue weighted by Gasteiger charge is 2.61. The van der Waals surface area contributed by atoms with Gasteiger partial charge in [0.05, 0.1) is 34.4 Å². The number of aromatic nitrogens is 2. The number of benzene rings is 1. The Labute approximate surface area is 193 Å². The van der Waals surface area contributed by atoms with Gasteiger partial charge in [-0.25, -0.2) is 8.78 Å². The van der Waals surface area contributed by atoms with Gasteiger partial charge in [0.15, 0.2) is 0 Å². The number of primary amides is 1. The molecule has 1 aromatic heterocycles. The lowest BCUT2D eigenvalue weighted by Gasteiger charge is -2.57. The first-order chi connectivity index (χ1) is 15.1. The molecule has 3 aliphatic rings. The average Bonchev–Trinajstić information content (AvgIpc) is 3.06. The van der Waals surface area contributed by atoms with Crippen molar-refractivity contribution in [2.75, 3.05) is 6.54 Å². The van der Waals surface area contributed by atoms with Gasteiger partial charge in [-0.15, -0.1) is 0 Å². The van der Waals surface area contributed by atoms with E-state index in [0.717, 1.165) is 0 Å². The first-order valence-corrected chi connectivity index (χ1v) is 11.3. The maximum atomic E-state index is 13.2. The third kappa shape index (κ3) is 3.67. The topological polar surface area (TPSA) is 81.2 Å². The molecule has 0 unspecified atom stereocenters. The van der Waals surface area contributed by atoms with Crippen molar-refractivity contribution in [3.63, 3.8) is 0 Å². The molecule has 2 heterocycles. The van der Waals surface area contributed by atoms with Crippen molar-refractivity contribution in [1.82, 2.24) is 14.7 Å². The van der Waals surface area contributed by atoms with Crippen molar-refractivity contribution in [1.29, 1.82) is 0 Å². The van der Waals surface area contributed by atoms with Crippen LogP contribution >= 0.6 is 23.2 Å². The number of nitrogens with two attached hydrogens (primary N) is 1. The van der Waals surface area contributed by atoms with Gasteiger partial charge in [-0.05, 0) is 36.3 Å². The van der Waals surface area contributed by atoms with E-state index in [9.17, 15) is 18.4 Å². The van der Waals surface area contributed by atoms with E-state index < -0.39 is 11.8 Å². The minimum Gasteiger partial charge on any atom is -0.365 e. The third-order valence-electron chi connectivity index (χ3n) is 6.95. The quantitative estimate of drug-likeness (QED) is 0.695. The highest BCUT2D eigenvalue weighted by molar-refractivity contribution is 6.42. The van der Waals surface area contributed by atoms with Crippen LogP contribution in [0.5, 0.6) is 0 Å². The Bertz CT molecular complexity index is 1120. The molecule has 2 saturated carbocycles. The smallest absolute Gasteiger partial charge is 0.252 e. The number of nitrogens with zero attached hydrogens (tertiary/aromatic N) is 3. The summed E-state index contributed by atoms with van der Waals surface area (Å²) in [6.07, 6.45) is 1.62. The van der Waals surface area contributed by atoms with Crippen LogP contribution in [-0.2, 0) is 17.9 Å². The maximum Gasteiger partial charge on any atom is 0.252 e. The lowest BCUT2D eigenvalue weighted by atomic mass is 9.50. The van der Waals surface area contributed by atoms with Crippen LogP contribution in [0.4, 0.5) is 8.78 Å². The van der Waals surface area contributed by atoms with E-state index in [1.54, 1.807) is 27.8 Å². The Morgan fingerprint density at radius 3 is 2.50 bits per heavy atom. The van der Waals surface area contributed by atoms with Crippen LogP contribution in [0.2, 0.25) is 10.0 Å².